The number of fused-ring (bicyclic) bond motifs is 1. The number of thiophene rings is 1. The lowest BCUT2D eigenvalue weighted by Crippen LogP contribution is -2.23. The van der Waals surface area contributed by atoms with Crippen LogP contribution in [0.25, 0.3) is 0 Å². The fraction of sp³-hybridized carbons (Fsp3) is 0.375. The molecule has 2 rings (SSSR count). The zero-order valence-corrected chi connectivity index (χ0v) is 8.35. The van der Waals surface area contributed by atoms with Gasteiger partial charge in [0.2, 0.25) is 0 Å². The van der Waals surface area contributed by atoms with Crippen molar-refractivity contribution in [2.24, 2.45) is 0 Å². The average Bonchev–Trinajstić information content (AvgIpc) is 2.33. The van der Waals surface area contributed by atoms with Crippen molar-refractivity contribution in [3.63, 3.8) is 0 Å². The number of amides is 1. The van der Waals surface area contributed by atoms with Crippen molar-refractivity contribution in [1.82, 2.24) is 5.32 Å². The van der Waals surface area contributed by atoms with Crippen LogP contribution >= 0.6 is 23.1 Å². The lowest BCUT2D eigenvalue weighted by molar-refractivity contribution is 0.0955. The molecule has 0 fully saturated rings. The Kier molecular flexibility index (Phi) is 2.11. The van der Waals surface area contributed by atoms with E-state index < -0.39 is 0 Å². The molecule has 1 amide bonds. The Bertz CT molecular complexity index is 319. The van der Waals surface area contributed by atoms with Crippen LogP contribution in [0.4, 0.5) is 0 Å². The molecule has 0 aromatic carbocycles. The highest BCUT2D eigenvalue weighted by Gasteiger charge is 2.17. The van der Waals surface area contributed by atoms with Gasteiger partial charge in [0.25, 0.3) is 5.91 Å². The van der Waals surface area contributed by atoms with E-state index in [0.717, 1.165) is 17.9 Å². The van der Waals surface area contributed by atoms with Crippen molar-refractivity contribution in [3.8, 4) is 0 Å². The maximum absolute atomic E-state index is 11.4. The topological polar surface area (TPSA) is 29.1 Å². The summed E-state index contributed by atoms with van der Waals surface area (Å²) in [6.45, 7) is 2.82. The van der Waals surface area contributed by atoms with E-state index >= 15 is 0 Å². The van der Waals surface area contributed by atoms with Gasteiger partial charge in [0, 0.05) is 17.2 Å². The number of aryl methyl sites for hydroxylation is 1. The molecular weight excluding hydrogens is 190 g/mol. The number of hydrogen-bond donors (Lipinski definition) is 1. The van der Waals surface area contributed by atoms with Crippen molar-refractivity contribution in [1.29, 1.82) is 0 Å². The molecule has 4 heteroatoms. The molecule has 0 spiro atoms. The van der Waals surface area contributed by atoms with Gasteiger partial charge in [-0.1, -0.05) is 0 Å². The molecule has 0 saturated carbocycles. The van der Waals surface area contributed by atoms with Crippen LogP contribution in [-0.2, 0) is 0 Å². The van der Waals surface area contributed by atoms with E-state index in [0.29, 0.717) is 0 Å². The molecule has 64 valence electrons. The van der Waals surface area contributed by atoms with Crippen molar-refractivity contribution < 1.29 is 4.79 Å². The van der Waals surface area contributed by atoms with Crippen LogP contribution in [0.2, 0.25) is 0 Å². The molecular formula is C8H9NOS2. The van der Waals surface area contributed by atoms with Crippen LogP contribution in [0.5, 0.6) is 0 Å². The van der Waals surface area contributed by atoms with Crippen LogP contribution in [0.1, 0.15) is 15.2 Å². The van der Waals surface area contributed by atoms with Gasteiger partial charge in [0.1, 0.15) is 0 Å². The Morgan fingerprint density at radius 3 is 3.25 bits per heavy atom. The molecule has 0 radical (unpaired) electrons. The third kappa shape index (κ3) is 1.36. The third-order valence-electron chi connectivity index (χ3n) is 1.69. The summed E-state index contributed by atoms with van der Waals surface area (Å²) in [6, 6.07) is 1.97. The monoisotopic (exact) mass is 199 g/mol. The summed E-state index contributed by atoms with van der Waals surface area (Å²) >= 11 is 3.48. The number of carbonyl (C=O) groups excluding carboxylic acids is 1. The van der Waals surface area contributed by atoms with Gasteiger partial charge in [0.15, 0.2) is 0 Å². The van der Waals surface area contributed by atoms with E-state index in [2.05, 4.69) is 5.32 Å². The van der Waals surface area contributed by atoms with E-state index in [9.17, 15) is 4.79 Å². The van der Waals surface area contributed by atoms with Gasteiger partial charge < -0.3 is 5.32 Å². The van der Waals surface area contributed by atoms with E-state index in [1.165, 1.54) is 9.09 Å². The first-order valence-electron chi connectivity index (χ1n) is 3.79. The van der Waals surface area contributed by atoms with E-state index in [-0.39, 0.29) is 5.91 Å². The molecule has 12 heavy (non-hydrogen) atoms. The second-order valence-electron chi connectivity index (χ2n) is 2.66. The first kappa shape index (κ1) is 8.13. The number of rotatable bonds is 0. The Hall–Kier alpha value is -0.480. The maximum Gasteiger partial charge on any atom is 0.253 e. The molecule has 2 heterocycles. The number of hydrogen-bond acceptors (Lipinski definition) is 3. The van der Waals surface area contributed by atoms with Gasteiger partial charge in [0.05, 0.1) is 9.77 Å². The van der Waals surface area contributed by atoms with E-state index in [1.54, 1.807) is 23.1 Å². The fourth-order valence-electron chi connectivity index (χ4n) is 1.16. The first-order chi connectivity index (χ1) is 5.77. The summed E-state index contributed by atoms with van der Waals surface area (Å²) in [5.74, 6) is 1.07. The van der Waals surface area contributed by atoms with Gasteiger partial charge in [-0.05, 0) is 13.0 Å². The third-order valence-corrected chi connectivity index (χ3v) is 4.03. The molecule has 0 atom stereocenters. The minimum absolute atomic E-state index is 0.0827. The molecule has 0 aliphatic carbocycles. The Morgan fingerprint density at radius 2 is 2.42 bits per heavy atom. The summed E-state index contributed by atoms with van der Waals surface area (Å²) < 4.78 is 1.17. The number of nitrogens with one attached hydrogen (secondary N) is 1. The lowest BCUT2D eigenvalue weighted by atomic mass is 10.3. The van der Waals surface area contributed by atoms with Crippen LogP contribution in [-0.4, -0.2) is 18.2 Å². The molecule has 2 nitrogen and oxygen atoms in total. The molecule has 1 aliphatic rings. The molecule has 1 aliphatic heterocycles. The summed E-state index contributed by atoms with van der Waals surface area (Å²) in [5.41, 5.74) is 0.861. The van der Waals surface area contributed by atoms with Gasteiger partial charge in [-0.15, -0.1) is 23.1 Å². The highest BCUT2D eigenvalue weighted by molar-refractivity contribution is 8.01. The second-order valence-corrected chi connectivity index (χ2v) is 5.28. The summed E-state index contributed by atoms with van der Waals surface area (Å²) in [4.78, 5) is 12.6. The van der Waals surface area contributed by atoms with E-state index in [4.69, 9.17) is 0 Å². The largest absolute Gasteiger partial charge is 0.351 e. The Labute approximate surface area is 79.4 Å². The zero-order chi connectivity index (χ0) is 8.55. The normalized spacial score (nSPS) is 16.6. The molecule has 0 unspecified atom stereocenters. The highest BCUT2D eigenvalue weighted by atomic mass is 32.2. The highest BCUT2D eigenvalue weighted by Crippen LogP contribution is 2.32. The molecule has 1 aromatic rings. The quantitative estimate of drug-likeness (QED) is 0.691. The van der Waals surface area contributed by atoms with Crippen molar-refractivity contribution in [2.45, 2.75) is 11.1 Å². The molecule has 0 bridgehead atoms. The smallest absolute Gasteiger partial charge is 0.253 e. The van der Waals surface area contributed by atoms with Crippen molar-refractivity contribution in [3.05, 3.63) is 16.5 Å². The predicted molar refractivity (Wildman–Crippen MR) is 52.1 cm³/mol. The molecule has 0 saturated heterocycles. The maximum atomic E-state index is 11.4. The fourth-order valence-corrected chi connectivity index (χ4v) is 3.47. The van der Waals surface area contributed by atoms with Crippen molar-refractivity contribution in [2.75, 3.05) is 12.3 Å². The van der Waals surface area contributed by atoms with Gasteiger partial charge >= 0.3 is 0 Å². The number of thioether (sulfide) groups is 1. The Balaban J connectivity index is 2.44. The minimum Gasteiger partial charge on any atom is -0.351 e. The zero-order valence-electron chi connectivity index (χ0n) is 6.72. The van der Waals surface area contributed by atoms with E-state index in [1.807, 2.05) is 13.0 Å². The summed E-state index contributed by atoms with van der Waals surface area (Å²) in [6.07, 6.45) is 0. The summed E-state index contributed by atoms with van der Waals surface area (Å²) in [5, 5.41) is 2.86. The van der Waals surface area contributed by atoms with Crippen molar-refractivity contribution >= 4 is 29.0 Å². The van der Waals surface area contributed by atoms with Gasteiger partial charge in [-0.25, -0.2) is 0 Å². The Morgan fingerprint density at radius 1 is 1.58 bits per heavy atom. The van der Waals surface area contributed by atoms with Gasteiger partial charge in [-0.3, -0.25) is 4.79 Å². The number of carbonyl (C=O) groups is 1. The lowest BCUT2D eigenvalue weighted by Gasteiger charge is -1.95. The predicted octanol–water partition coefficient (Wildman–Crippen LogP) is 1.89. The van der Waals surface area contributed by atoms with Crippen LogP contribution < -0.4 is 5.32 Å². The molecule has 1 N–H and O–H groups in total. The summed E-state index contributed by atoms with van der Waals surface area (Å²) in [7, 11) is 0. The second kappa shape index (κ2) is 3.11. The average molecular weight is 199 g/mol. The first-order valence-corrected chi connectivity index (χ1v) is 5.59. The van der Waals surface area contributed by atoms with Gasteiger partial charge in [-0.2, -0.15) is 0 Å². The van der Waals surface area contributed by atoms with Crippen LogP contribution in [0.15, 0.2) is 10.3 Å². The minimum atomic E-state index is 0.0827. The standard InChI is InChI=1S/C8H9NOS2/c1-5-4-6-7(10)9-2-3-11-8(6)12-5/h4H,2-3H2,1H3,(H,9,10). The van der Waals surface area contributed by atoms with Crippen LogP contribution in [0.3, 0.4) is 0 Å². The molecule has 1 aromatic heterocycles. The SMILES string of the molecule is Cc1cc2c(s1)SCCNC2=O. The van der Waals surface area contributed by atoms with Crippen LogP contribution in [0, 0.1) is 6.92 Å².